The van der Waals surface area contributed by atoms with Gasteiger partial charge in [-0.15, -0.1) is 21.5 Å². The normalized spacial score (nSPS) is 11.1. The summed E-state index contributed by atoms with van der Waals surface area (Å²) in [6, 6.07) is 1.99. The lowest BCUT2D eigenvalue weighted by Gasteiger charge is -1.94. The first-order valence-electron chi connectivity index (χ1n) is 4.07. The van der Waals surface area contributed by atoms with E-state index >= 15 is 0 Å². The molecule has 0 aliphatic carbocycles. The molecular weight excluding hydrogens is 198 g/mol. The van der Waals surface area contributed by atoms with E-state index in [1.165, 1.54) is 11.3 Å². The minimum absolute atomic E-state index is 0.428. The first kappa shape index (κ1) is 7.57. The van der Waals surface area contributed by atoms with Crippen LogP contribution < -0.4 is 5.73 Å². The number of aromatic nitrogens is 4. The molecule has 0 atom stereocenters. The monoisotopic (exact) mass is 205 g/mol. The highest BCUT2D eigenvalue weighted by atomic mass is 32.1. The summed E-state index contributed by atoms with van der Waals surface area (Å²) in [5.41, 5.74) is 7.82. The first-order valence-corrected chi connectivity index (χ1v) is 4.95. The van der Waals surface area contributed by atoms with Gasteiger partial charge < -0.3 is 10.7 Å². The number of rotatable bonds is 1. The number of H-pyrrole nitrogens is 1. The summed E-state index contributed by atoms with van der Waals surface area (Å²) in [5.74, 6) is 0.428. The summed E-state index contributed by atoms with van der Waals surface area (Å²) in [4.78, 5) is 3.82. The highest BCUT2D eigenvalue weighted by molar-refractivity contribution is 7.15. The summed E-state index contributed by atoms with van der Waals surface area (Å²) in [5, 5.41) is 9.78. The molecule has 14 heavy (non-hydrogen) atoms. The summed E-state index contributed by atoms with van der Waals surface area (Å²) in [6.07, 6.45) is 3.79. The van der Waals surface area contributed by atoms with Crippen LogP contribution in [0.15, 0.2) is 23.8 Å². The molecule has 3 N–H and O–H groups in total. The highest BCUT2D eigenvalue weighted by Gasteiger charge is 2.10. The van der Waals surface area contributed by atoms with Crippen molar-refractivity contribution in [2.75, 3.05) is 5.73 Å². The van der Waals surface area contributed by atoms with Crippen molar-refractivity contribution >= 4 is 22.2 Å². The van der Waals surface area contributed by atoms with E-state index in [1.54, 1.807) is 0 Å². The standard InChI is InChI=1S/C8H7N5S/c9-7-11-12-8-13(7)6(4-14-8)5-1-2-10-3-5/h1-4,10H,(H2,9,11). The Labute approximate surface area is 83.2 Å². The molecule has 6 heteroatoms. The number of anilines is 1. The molecule has 5 nitrogen and oxygen atoms in total. The van der Waals surface area contributed by atoms with Gasteiger partial charge in [-0.25, -0.2) is 0 Å². The summed E-state index contributed by atoms with van der Waals surface area (Å²) in [6.45, 7) is 0. The van der Waals surface area contributed by atoms with Crippen LogP contribution in [0.25, 0.3) is 16.2 Å². The zero-order valence-corrected chi connectivity index (χ0v) is 7.95. The van der Waals surface area contributed by atoms with Crippen LogP contribution in [0, 0.1) is 0 Å². The maximum absolute atomic E-state index is 5.71. The molecule has 70 valence electrons. The van der Waals surface area contributed by atoms with E-state index in [0.29, 0.717) is 5.95 Å². The summed E-state index contributed by atoms with van der Waals surface area (Å²) in [7, 11) is 0. The fourth-order valence-corrected chi connectivity index (χ4v) is 2.27. The number of hydrogen-bond acceptors (Lipinski definition) is 4. The molecule has 0 fully saturated rings. The van der Waals surface area contributed by atoms with Crippen molar-refractivity contribution in [2.45, 2.75) is 0 Å². The third-order valence-corrected chi connectivity index (χ3v) is 2.89. The predicted octanol–water partition coefficient (Wildman–Crippen LogP) is 1.37. The van der Waals surface area contributed by atoms with E-state index in [2.05, 4.69) is 15.2 Å². The maximum atomic E-state index is 5.71. The Morgan fingerprint density at radius 2 is 2.36 bits per heavy atom. The van der Waals surface area contributed by atoms with Gasteiger partial charge in [0, 0.05) is 23.3 Å². The minimum Gasteiger partial charge on any atom is -0.368 e. The van der Waals surface area contributed by atoms with E-state index in [4.69, 9.17) is 5.73 Å². The minimum atomic E-state index is 0.428. The Bertz CT molecular complexity index is 562. The topological polar surface area (TPSA) is 72.0 Å². The van der Waals surface area contributed by atoms with Gasteiger partial charge >= 0.3 is 0 Å². The van der Waals surface area contributed by atoms with Crippen molar-refractivity contribution in [1.82, 2.24) is 19.6 Å². The van der Waals surface area contributed by atoms with Crippen LogP contribution in [-0.4, -0.2) is 19.6 Å². The highest BCUT2D eigenvalue weighted by Crippen LogP contribution is 2.26. The number of fused-ring (bicyclic) bond motifs is 1. The zero-order valence-electron chi connectivity index (χ0n) is 7.14. The number of nitrogens with one attached hydrogen (secondary N) is 1. The SMILES string of the molecule is Nc1nnc2scc(-c3cc[nH]c3)n12. The number of nitrogen functional groups attached to an aromatic ring is 1. The molecule has 0 saturated heterocycles. The molecular formula is C8H7N5S. The van der Waals surface area contributed by atoms with Crippen LogP contribution in [0.1, 0.15) is 0 Å². The van der Waals surface area contributed by atoms with Crippen LogP contribution in [0.2, 0.25) is 0 Å². The van der Waals surface area contributed by atoms with Gasteiger partial charge in [-0.05, 0) is 6.07 Å². The lowest BCUT2D eigenvalue weighted by atomic mass is 10.3. The summed E-state index contributed by atoms with van der Waals surface area (Å²) >= 11 is 1.53. The Morgan fingerprint density at radius 1 is 1.43 bits per heavy atom. The fourth-order valence-electron chi connectivity index (χ4n) is 1.43. The van der Waals surface area contributed by atoms with Gasteiger partial charge in [-0.3, -0.25) is 4.40 Å². The molecule has 3 rings (SSSR count). The molecule has 0 unspecified atom stereocenters. The second-order valence-corrected chi connectivity index (χ2v) is 3.73. The number of thiazole rings is 1. The Hall–Kier alpha value is -1.82. The van der Waals surface area contributed by atoms with E-state index < -0.39 is 0 Å². The number of nitrogens with zero attached hydrogens (tertiary/aromatic N) is 3. The Kier molecular flexibility index (Phi) is 1.40. The molecule has 0 radical (unpaired) electrons. The molecule has 0 amide bonds. The molecule has 3 aromatic rings. The van der Waals surface area contributed by atoms with Crippen molar-refractivity contribution in [3.63, 3.8) is 0 Å². The van der Waals surface area contributed by atoms with E-state index in [-0.39, 0.29) is 0 Å². The lowest BCUT2D eigenvalue weighted by Crippen LogP contribution is -1.94. The van der Waals surface area contributed by atoms with Gasteiger partial charge in [0.1, 0.15) is 0 Å². The van der Waals surface area contributed by atoms with Crippen molar-refractivity contribution in [3.05, 3.63) is 23.8 Å². The average Bonchev–Trinajstić information content (AvgIpc) is 2.84. The van der Waals surface area contributed by atoms with Crippen LogP contribution in [0.3, 0.4) is 0 Å². The largest absolute Gasteiger partial charge is 0.368 e. The van der Waals surface area contributed by atoms with Gasteiger partial charge in [0.25, 0.3) is 0 Å². The smallest absolute Gasteiger partial charge is 0.227 e. The zero-order chi connectivity index (χ0) is 9.54. The van der Waals surface area contributed by atoms with Crippen molar-refractivity contribution < 1.29 is 0 Å². The third kappa shape index (κ3) is 0.882. The van der Waals surface area contributed by atoms with Crippen molar-refractivity contribution in [3.8, 4) is 11.3 Å². The molecule has 3 aromatic heterocycles. The number of hydrogen-bond donors (Lipinski definition) is 2. The Morgan fingerprint density at radius 3 is 3.14 bits per heavy atom. The molecule has 0 spiro atoms. The van der Waals surface area contributed by atoms with E-state index in [1.807, 2.05) is 28.2 Å². The van der Waals surface area contributed by atoms with Gasteiger partial charge in [0.05, 0.1) is 5.69 Å². The summed E-state index contributed by atoms with van der Waals surface area (Å²) < 4.78 is 1.84. The van der Waals surface area contributed by atoms with E-state index in [9.17, 15) is 0 Å². The maximum Gasteiger partial charge on any atom is 0.227 e. The molecule has 0 aliphatic rings. The quantitative estimate of drug-likeness (QED) is 0.630. The predicted molar refractivity (Wildman–Crippen MR) is 55.1 cm³/mol. The second kappa shape index (κ2) is 2.58. The second-order valence-electron chi connectivity index (χ2n) is 2.90. The fraction of sp³-hybridized carbons (Fsp3) is 0. The van der Waals surface area contributed by atoms with Crippen LogP contribution in [-0.2, 0) is 0 Å². The molecule has 0 bridgehead atoms. The van der Waals surface area contributed by atoms with Crippen molar-refractivity contribution in [2.24, 2.45) is 0 Å². The number of nitrogens with two attached hydrogens (primary N) is 1. The lowest BCUT2D eigenvalue weighted by molar-refractivity contribution is 1.12. The van der Waals surface area contributed by atoms with Gasteiger partial charge in [0.2, 0.25) is 10.9 Å². The third-order valence-electron chi connectivity index (χ3n) is 2.07. The first-order chi connectivity index (χ1) is 6.86. The van der Waals surface area contributed by atoms with Crippen LogP contribution >= 0.6 is 11.3 Å². The molecule has 0 aliphatic heterocycles. The van der Waals surface area contributed by atoms with Crippen molar-refractivity contribution in [1.29, 1.82) is 0 Å². The number of aromatic amines is 1. The Balaban J connectivity index is 2.36. The van der Waals surface area contributed by atoms with Gasteiger partial charge in [0.15, 0.2) is 0 Å². The van der Waals surface area contributed by atoms with E-state index in [0.717, 1.165) is 16.2 Å². The van der Waals surface area contributed by atoms with Gasteiger partial charge in [-0.2, -0.15) is 0 Å². The molecule has 3 heterocycles. The van der Waals surface area contributed by atoms with Crippen LogP contribution in [0.4, 0.5) is 5.95 Å². The average molecular weight is 205 g/mol. The van der Waals surface area contributed by atoms with Crippen LogP contribution in [0.5, 0.6) is 0 Å². The molecule has 0 aromatic carbocycles. The molecule has 0 saturated carbocycles. The van der Waals surface area contributed by atoms with Gasteiger partial charge in [-0.1, -0.05) is 0 Å².